The second-order valence-electron chi connectivity index (χ2n) is 5.11. The maximum Gasteiger partial charge on any atom is 0.243 e. The lowest BCUT2D eigenvalue weighted by atomic mass is 9.84. The van der Waals surface area contributed by atoms with Crippen molar-refractivity contribution in [3.8, 4) is 0 Å². The highest BCUT2D eigenvalue weighted by atomic mass is 16.5. The van der Waals surface area contributed by atoms with Crippen LogP contribution >= 0.6 is 0 Å². The van der Waals surface area contributed by atoms with Crippen molar-refractivity contribution in [3.05, 3.63) is 11.7 Å². The Hall–Kier alpha value is -0.940. The third kappa shape index (κ3) is 2.57. The number of methoxy groups -OCH3 is 1. The van der Waals surface area contributed by atoms with E-state index in [4.69, 9.17) is 15.0 Å². The summed E-state index contributed by atoms with van der Waals surface area (Å²) in [4.78, 5) is 4.47. The van der Waals surface area contributed by atoms with Gasteiger partial charge in [0.25, 0.3) is 0 Å². The van der Waals surface area contributed by atoms with Crippen LogP contribution in [0.1, 0.15) is 69.6 Å². The number of rotatable bonds is 5. The van der Waals surface area contributed by atoms with Crippen molar-refractivity contribution in [2.75, 3.05) is 7.11 Å². The molecule has 1 atom stereocenters. The number of hydrogen-bond donors (Lipinski definition) is 1. The summed E-state index contributed by atoms with van der Waals surface area (Å²) >= 11 is 0. The minimum Gasteiger partial charge on any atom is -0.370 e. The molecule has 1 fully saturated rings. The van der Waals surface area contributed by atoms with Gasteiger partial charge in [0.05, 0.1) is 6.04 Å². The lowest BCUT2D eigenvalue weighted by molar-refractivity contribution is -0.0527. The molecule has 0 bridgehead atoms. The van der Waals surface area contributed by atoms with Crippen LogP contribution in [0.15, 0.2) is 4.52 Å². The molecular formula is C13H23N3O2. The first-order valence-electron chi connectivity index (χ1n) is 6.86. The van der Waals surface area contributed by atoms with Crippen molar-refractivity contribution in [3.63, 3.8) is 0 Å². The summed E-state index contributed by atoms with van der Waals surface area (Å²) in [5.41, 5.74) is 5.64. The van der Waals surface area contributed by atoms with E-state index in [1.165, 1.54) is 6.42 Å². The number of ether oxygens (including phenoxy) is 1. The second kappa shape index (κ2) is 5.80. The lowest BCUT2D eigenvalue weighted by Gasteiger charge is -2.32. The molecule has 0 aliphatic heterocycles. The van der Waals surface area contributed by atoms with E-state index in [1.807, 2.05) is 0 Å². The van der Waals surface area contributed by atoms with Crippen LogP contribution in [0.25, 0.3) is 0 Å². The summed E-state index contributed by atoms with van der Waals surface area (Å²) in [5.74, 6) is 1.21. The van der Waals surface area contributed by atoms with Crippen LogP contribution in [0.2, 0.25) is 0 Å². The molecule has 1 aromatic heterocycles. The van der Waals surface area contributed by atoms with Gasteiger partial charge in [0, 0.05) is 7.11 Å². The third-order valence-electron chi connectivity index (χ3n) is 3.82. The molecule has 0 spiro atoms. The maximum absolute atomic E-state index is 6.00. The fourth-order valence-electron chi connectivity index (χ4n) is 2.65. The number of aromatic nitrogens is 2. The Morgan fingerprint density at radius 1 is 1.39 bits per heavy atom. The first kappa shape index (κ1) is 13.5. The zero-order valence-electron chi connectivity index (χ0n) is 11.3. The molecule has 1 aromatic rings. The Balaban J connectivity index is 2.16. The molecule has 0 amide bonds. The molecule has 0 unspecified atom stereocenters. The number of nitrogens with zero attached hydrogens (tertiary/aromatic N) is 2. The average molecular weight is 253 g/mol. The van der Waals surface area contributed by atoms with Crippen LogP contribution in [0.4, 0.5) is 0 Å². The van der Waals surface area contributed by atoms with E-state index < -0.39 is 0 Å². The summed E-state index contributed by atoms with van der Waals surface area (Å²) in [6.07, 6.45) is 7.36. The minimum atomic E-state index is -0.355. The summed E-state index contributed by atoms with van der Waals surface area (Å²) in [7, 11) is 1.73. The van der Waals surface area contributed by atoms with Gasteiger partial charge in [-0.2, -0.15) is 4.98 Å². The molecule has 1 aliphatic carbocycles. The first-order valence-corrected chi connectivity index (χ1v) is 6.86. The Bertz CT molecular complexity index is 372. The summed E-state index contributed by atoms with van der Waals surface area (Å²) in [5, 5.41) is 4.10. The molecule has 1 saturated carbocycles. The summed E-state index contributed by atoms with van der Waals surface area (Å²) in [6.45, 7) is 2.09. The number of hydrogen-bond acceptors (Lipinski definition) is 5. The molecule has 0 radical (unpaired) electrons. The zero-order chi connectivity index (χ0) is 13.0. The molecule has 102 valence electrons. The lowest BCUT2D eigenvalue weighted by Crippen LogP contribution is -2.32. The van der Waals surface area contributed by atoms with Crippen molar-refractivity contribution in [2.45, 2.75) is 63.5 Å². The fraction of sp³-hybridized carbons (Fsp3) is 0.846. The average Bonchev–Trinajstić information content (AvgIpc) is 2.90. The van der Waals surface area contributed by atoms with E-state index in [-0.39, 0.29) is 11.6 Å². The predicted molar refractivity (Wildman–Crippen MR) is 67.9 cm³/mol. The minimum absolute atomic E-state index is 0.159. The van der Waals surface area contributed by atoms with Gasteiger partial charge in [0.1, 0.15) is 5.60 Å². The van der Waals surface area contributed by atoms with Crippen molar-refractivity contribution >= 4 is 0 Å². The van der Waals surface area contributed by atoms with Crippen LogP contribution < -0.4 is 5.73 Å². The Morgan fingerprint density at radius 2 is 2.11 bits per heavy atom. The van der Waals surface area contributed by atoms with Gasteiger partial charge in [0.2, 0.25) is 11.7 Å². The van der Waals surface area contributed by atoms with Gasteiger partial charge in [-0.15, -0.1) is 0 Å². The smallest absolute Gasteiger partial charge is 0.243 e. The normalized spacial score (nSPS) is 20.8. The highest BCUT2D eigenvalue weighted by molar-refractivity contribution is 5.04. The zero-order valence-corrected chi connectivity index (χ0v) is 11.3. The van der Waals surface area contributed by atoms with Crippen molar-refractivity contribution < 1.29 is 9.26 Å². The van der Waals surface area contributed by atoms with Crippen LogP contribution in [0.3, 0.4) is 0 Å². The largest absolute Gasteiger partial charge is 0.370 e. The Morgan fingerprint density at radius 3 is 2.72 bits per heavy atom. The van der Waals surface area contributed by atoms with Gasteiger partial charge < -0.3 is 15.0 Å². The van der Waals surface area contributed by atoms with E-state index >= 15 is 0 Å². The molecule has 2 N–H and O–H groups in total. The molecular weight excluding hydrogens is 230 g/mol. The van der Waals surface area contributed by atoms with Gasteiger partial charge in [0.15, 0.2) is 0 Å². The highest BCUT2D eigenvalue weighted by Gasteiger charge is 2.38. The fourth-order valence-corrected chi connectivity index (χ4v) is 2.65. The van der Waals surface area contributed by atoms with E-state index in [2.05, 4.69) is 17.1 Å². The highest BCUT2D eigenvalue weighted by Crippen LogP contribution is 2.38. The van der Waals surface area contributed by atoms with Gasteiger partial charge in [-0.05, 0) is 19.3 Å². The van der Waals surface area contributed by atoms with E-state index in [9.17, 15) is 0 Å². The molecule has 1 heterocycles. The molecule has 18 heavy (non-hydrogen) atoms. The molecule has 1 aliphatic rings. The van der Waals surface area contributed by atoms with Crippen molar-refractivity contribution in [1.29, 1.82) is 0 Å². The van der Waals surface area contributed by atoms with Crippen LogP contribution in [0, 0.1) is 0 Å². The standard InChI is InChI=1S/C13H23N3O2/c1-3-7-10(14)11-15-12(16-18-11)13(17-2)8-5-4-6-9-13/h10H,3-9,14H2,1-2H3/t10-/m0/s1. The summed E-state index contributed by atoms with van der Waals surface area (Å²) in [6, 6.07) is -0.159. The van der Waals surface area contributed by atoms with Gasteiger partial charge in [-0.25, -0.2) is 0 Å². The topological polar surface area (TPSA) is 74.2 Å². The molecule has 2 rings (SSSR count). The van der Waals surface area contributed by atoms with Gasteiger partial charge >= 0.3 is 0 Å². The van der Waals surface area contributed by atoms with Crippen LogP contribution in [-0.2, 0) is 10.3 Å². The van der Waals surface area contributed by atoms with Crippen LogP contribution in [-0.4, -0.2) is 17.3 Å². The Labute approximate surface area is 108 Å². The van der Waals surface area contributed by atoms with Crippen LogP contribution in [0.5, 0.6) is 0 Å². The number of nitrogens with two attached hydrogens (primary N) is 1. The molecule has 5 heteroatoms. The predicted octanol–water partition coefficient (Wildman–Crippen LogP) is 2.68. The van der Waals surface area contributed by atoms with E-state index in [0.717, 1.165) is 38.5 Å². The maximum atomic E-state index is 6.00. The van der Waals surface area contributed by atoms with Crippen molar-refractivity contribution in [1.82, 2.24) is 10.1 Å². The molecule has 5 nitrogen and oxygen atoms in total. The monoisotopic (exact) mass is 253 g/mol. The third-order valence-corrected chi connectivity index (χ3v) is 3.82. The van der Waals surface area contributed by atoms with Gasteiger partial charge in [-0.1, -0.05) is 37.8 Å². The molecule has 0 saturated heterocycles. The SMILES string of the molecule is CCC[C@H](N)c1nc(C2(OC)CCCCC2)no1. The quantitative estimate of drug-likeness (QED) is 0.873. The summed E-state index contributed by atoms with van der Waals surface area (Å²) < 4.78 is 11.0. The Kier molecular flexibility index (Phi) is 4.35. The van der Waals surface area contributed by atoms with E-state index in [0.29, 0.717) is 11.7 Å². The van der Waals surface area contributed by atoms with Gasteiger partial charge in [-0.3, -0.25) is 0 Å². The van der Waals surface area contributed by atoms with E-state index in [1.54, 1.807) is 7.11 Å². The second-order valence-corrected chi connectivity index (χ2v) is 5.11. The first-order chi connectivity index (χ1) is 8.72. The molecule has 0 aromatic carbocycles. The van der Waals surface area contributed by atoms with Crippen molar-refractivity contribution in [2.24, 2.45) is 5.73 Å².